The highest BCUT2D eigenvalue weighted by molar-refractivity contribution is 9.10. The largest absolute Gasteiger partial charge is 0.466 e. The minimum absolute atomic E-state index is 0.0243. The molecule has 1 aromatic carbocycles. The van der Waals surface area contributed by atoms with Gasteiger partial charge in [0.15, 0.2) is 5.76 Å². The first kappa shape index (κ1) is 32.7. The number of carbonyl (C=O) groups is 4. The third-order valence-corrected chi connectivity index (χ3v) is 10.7. The minimum Gasteiger partial charge on any atom is -0.466 e. The van der Waals surface area contributed by atoms with Gasteiger partial charge in [-0.15, -0.1) is 0 Å². The van der Waals surface area contributed by atoms with Gasteiger partial charge in [-0.3, -0.25) is 19.2 Å². The van der Waals surface area contributed by atoms with Gasteiger partial charge in [0.1, 0.15) is 23.9 Å². The van der Waals surface area contributed by atoms with Gasteiger partial charge in [0.05, 0.1) is 7.11 Å². The lowest BCUT2D eigenvalue weighted by atomic mass is 9.53. The zero-order chi connectivity index (χ0) is 33.3. The van der Waals surface area contributed by atoms with E-state index in [0.717, 1.165) is 37.5 Å². The predicted octanol–water partition coefficient (Wildman–Crippen LogP) is 4.75. The molecule has 0 saturated heterocycles. The zero-order valence-electron chi connectivity index (χ0n) is 26.5. The van der Waals surface area contributed by atoms with Crippen molar-refractivity contribution >= 4 is 56.3 Å². The van der Waals surface area contributed by atoms with Gasteiger partial charge in [0.25, 0.3) is 11.5 Å². The van der Waals surface area contributed by atoms with Crippen LogP contribution < -0.4 is 21.5 Å². The number of halogens is 1. The third kappa shape index (κ3) is 7.07. The lowest BCUT2D eigenvalue weighted by Gasteiger charge is -2.60. The van der Waals surface area contributed by atoms with Crippen LogP contribution >= 0.6 is 15.9 Å². The average molecular weight is 708 g/mol. The summed E-state index contributed by atoms with van der Waals surface area (Å²) in [5, 5.41) is 9.44. The number of furan rings is 1. The Bertz CT molecular complexity index is 1800. The van der Waals surface area contributed by atoms with Gasteiger partial charge in [-0.05, 0) is 88.3 Å². The Morgan fingerprint density at radius 1 is 1.11 bits per heavy atom. The summed E-state index contributed by atoms with van der Waals surface area (Å²) in [5.41, 5.74) is 0.352. The maximum Gasteiger partial charge on any atom is 0.330 e. The number of pyridine rings is 1. The van der Waals surface area contributed by atoms with E-state index in [9.17, 15) is 24.0 Å². The molecule has 11 nitrogen and oxygen atoms in total. The number of nitrogens with zero attached hydrogens (tertiary/aromatic N) is 1. The van der Waals surface area contributed by atoms with E-state index in [1.807, 2.05) is 12.1 Å². The van der Waals surface area contributed by atoms with E-state index < -0.39 is 29.4 Å². The van der Waals surface area contributed by atoms with Crippen molar-refractivity contribution in [1.82, 2.24) is 15.2 Å². The van der Waals surface area contributed by atoms with E-state index in [1.165, 1.54) is 36.4 Å². The predicted molar refractivity (Wildman–Crippen MR) is 179 cm³/mol. The van der Waals surface area contributed by atoms with Gasteiger partial charge >= 0.3 is 5.97 Å². The second-order valence-corrected chi connectivity index (χ2v) is 15.0. The molecule has 3 atom stereocenters. The number of fused-ring (bicyclic) bond motifs is 1. The van der Waals surface area contributed by atoms with E-state index in [0.29, 0.717) is 23.0 Å². The van der Waals surface area contributed by atoms with Crippen LogP contribution in [-0.4, -0.2) is 51.3 Å². The lowest BCUT2D eigenvalue weighted by molar-refractivity contribution is -0.135. The van der Waals surface area contributed by atoms with Gasteiger partial charge in [0.2, 0.25) is 11.8 Å². The molecule has 4 fully saturated rings. The Kier molecular flexibility index (Phi) is 9.15. The molecule has 47 heavy (non-hydrogen) atoms. The second kappa shape index (κ2) is 13.1. The summed E-state index contributed by atoms with van der Waals surface area (Å²) in [6.45, 7) is 1.58. The Morgan fingerprint density at radius 2 is 1.85 bits per heavy atom. The number of allylic oxidation sites excluding steroid dienone is 1. The molecule has 2 heterocycles. The first-order chi connectivity index (χ1) is 22.5. The molecule has 4 aliphatic carbocycles. The summed E-state index contributed by atoms with van der Waals surface area (Å²) in [6, 6.07) is 9.20. The number of aromatic nitrogens is 1. The first-order valence-corrected chi connectivity index (χ1v) is 16.8. The number of ether oxygens (including phenoxy) is 1. The van der Waals surface area contributed by atoms with Crippen LogP contribution in [0.5, 0.6) is 0 Å². The fraction of sp³-hybridized carbons (Fsp3) is 0.457. The van der Waals surface area contributed by atoms with Crippen LogP contribution in [0.2, 0.25) is 0 Å². The summed E-state index contributed by atoms with van der Waals surface area (Å²) < 4.78 is 11.8. The van der Waals surface area contributed by atoms with Crippen molar-refractivity contribution in [3.8, 4) is 0 Å². The van der Waals surface area contributed by atoms with Crippen molar-refractivity contribution in [2.75, 3.05) is 12.4 Å². The molecular weight excluding hydrogens is 668 g/mol. The van der Waals surface area contributed by atoms with Gasteiger partial charge < -0.3 is 29.7 Å². The van der Waals surface area contributed by atoms with E-state index in [2.05, 4.69) is 36.6 Å². The molecule has 7 rings (SSSR count). The maximum absolute atomic E-state index is 13.5. The highest BCUT2D eigenvalue weighted by atomic mass is 79.9. The monoisotopic (exact) mass is 706 g/mol. The third-order valence-electron chi connectivity index (χ3n) is 9.74. The van der Waals surface area contributed by atoms with E-state index >= 15 is 0 Å². The van der Waals surface area contributed by atoms with E-state index in [4.69, 9.17) is 4.42 Å². The van der Waals surface area contributed by atoms with E-state index in [-0.39, 0.29) is 46.6 Å². The van der Waals surface area contributed by atoms with Crippen molar-refractivity contribution in [2.24, 2.45) is 11.8 Å². The highest BCUT2D eigenvalue weighted by Gasteiger charge is 2.57. The molecule has 3 N–H and O–H groups in total. The smallest absolute Gasteiger partial charge is 0.330 e. The van der Waals surface area contributed by atoms with Gasteiger partial charge in [-0.25, -0.2) is 4.79 Å². The molecule has 0 radical (unpaired) electrons. The fourth-order valence-electron chi connectivity index (χ4n) is 8.16. The number of amides is 3. The molecule has 3 aromatic rings. The molecule has 2 aromatic heterocycles. The Morgan fingerprint density at radius 3 is 2.55 bits per heavy atom. The number of rotatable bonds is 11. The lowest BCUT2D eigenvalue weighted by Crippen LogP contribution is -2.64. The number of nitrogens with one attached hydrogen (secondary N) is 3. The van der Waals surface area contributed by atoms with Crippen molar-refractivity contribution < 1.29 is 28.3 Å². The number of hydrogen-bond donors (Lipinski definition) is 3. The fourth-order valence-corrected chi connectivity index (χ4v) is 9.61. The summed E-state index contributed by atoms with van der Waals surface area (Å²) in [6.07, 6.45) is 11.0. The van der Waals surface area contributed by atoms with Crippen molar-refractivity contribution in [1.29, 1.82) is 0 Å². The van der Waals surface area contributed by atoms with Crippen LogP contribution in [0.1, 0.15) is 67.5 Å². The van der Waals surface area contributed by atoms with Crippen LogP contribution in [0.4, 0.5) is 5.69 Å². The van der Waals surface area contributed by atoms with Crippen LogP contribution in [0.15, 0.2) is 64.0 Å². The van der Waals surface area contributed by atoms with Crippen molar-refractivity contribution in [2.45, 2.75) is 80.7 Å². The van der Waals surface area contributed by atoms with Crippen molar-refractivity contribution in [3.63, 3.8) is 0 Å². The molecule has 0 aliphatic heterocycles. The topological polar surface area (TPSA) is 149 Å². The molecule has 3 amide bonds. The summed E-state index contributed by atoms with van der Waals surface area (Å²) in [5.74, 6) is -0.738. The SMILES string of the molecule is COC(=O)/C=C/CC[C@H](NC(=O)c1oc2ccccc2c1C)C(=O)Nc1cccn(CC(=O)NC23CC4CC(CC(Br)(C4)C2)C3)c1=O. The normalized spacial score (nSPS) is 25.1. The molecule has 4 saturated carbocycles. The van der Waals surface area contributed by atoms with Gasteiger partial charge in [0, 0.05) is 33.1 Å². The number of carbonyl (C=O) groups excluding carboxylic acids is 4. The molecule has 0 spiro atoms. The van der Waals surface area contributed by atoms with Crippen LogP contribution in [0, 0.1) is 18.8 Å². The standard InChI is InChI=1S/C35H39BrN4O7/c1-21-24-8-3-5-11-27(24)47-30(21)32(44)37-25(9-4-6-12-29(42)46-2)31(43)38-26-10-7-13-40(33(26)45)19-28(41)39-35-17-22-14-23(18-35)16-34(36,15-22)20-35/h3,5-8,10-13,22-23,25H,4,9,14-20H2,1-2H3,(H,37,44)(H,38,43)(H,39,41)/b12-6+/t22?,23?,25-,34?,35?/m0/s1. The highest BCUT2D eigenvalue weighted by Crippen LogP contribution is 2.60. The number of anilines is 1. The number of para-hydroxylation sites is 1. The van der Waals surface area contributed by atoms with Gasteiger partial charge in [-0.2, -0.15) is 0 Å². The minimum atomic E-state index is -1.08. The van der Waals surface area contributed by atoms with Gasteiger partial charge in [-0.1, -0.05) is 40.2 Å². The summed E-state index contributed by atoms with van der Waals surface area (Å²) >= 11 is 3.97. The van der Waals surface area contributed by atoms with Crippen LogP contribution in [0.25, 0.3) is 11.0 Å². The summed E-state index contributed by atoms with van der Waals surface area (Å²) in [4.78, 5) is 65.1. The quantitative estimate of drug-likeness (QED) is 0.148. The molecule has 248 valence electrons. The number of hydrogen-bond acceptors (Lipinski definition) is 7. The van der Waals surface area contributed by atoms with Crippen molar-refractivity contribution in [3.05, 3.63) is 76.4 Å². The van der Waals surface area contributed by atoms with Crippen LogP contribution in [-0.2, 0) is 25.7 Å². The number of methoxy groups -OCH3 is 1. The van der Waals surface area contributed by atoms with E-state index in [1.54, 1.807) is 31.2 Å². The number of aryl methyl sites for hydroxylation is 1. The maximum atomic E-state index is 13.5. The molecule has 4 aliphatic rings. The number of esters is 1. The first-order valence-electron chi connectivity index (χ1n) is 16.0. The van der Waals surface area contributed by atoms with Crippen LogP contribution in [0.3, 0.4) is 0 Å². The Labute approximate surface area is 280 Å². The molecule has 2 unspecified atom stereocenters. The molecular formula is C35H39BrN4O7. The number of alkyl halides is 1. The Balaban J connectivity index is 1.15. The average Bonchev–Trinajstić information content (AvgIpc) is 3.35. The molecule has 4 bridgehead atoms. The number of benzene rings is 1. The zero-order valence-corrected chi connectivity index (χ0v) is 28.1. The Hall–Kier alpha value is -4.19. The molecule has 12 heteroatoms. The summed E-state index contributed by atoms with van der Waals surface area (Å²) in [7, 11) is 1.26. The second-order valence-electron chi connectivity index (χ2n) is 13.4.